The van der Waals surface area contributed by atoms with Crippen molar-refractivity contribution < 1.29 is 14.3 Å². The molecule has 3 nitrogen and oxygen atoms in total. The molecule has 13 heavy (non-hydrogen) atoms. The van der Waals surface area contributed by atoms with Crippen LogP contribution in [0.2, 0.25) is 0 Å². The number of carbonyl (C=O) groups is 1. The Hall–Kier alpha value is -0.830. The van der Waals surface area contributed by atoms with Crippen molar-refractivity contribution in [3.8, 4) is 0 Å². The minimum Gasteiger partial charge on any atom is -0.466 e. The van der Waals surface area contributed by atoms with Crippen LogP contribution in [-0.4, -0.2) is 26.3 Å². The second-order valence-electron chi connectivity index (χ2n) is 3.30. The van der Waals surface area contributed by atoms with Crippen molar-refractivity contribution in [3.05, 3.63) is 11.6 Å². The van der Waals surface area contributed by atoms with Crippen molar-refractivity contribution in [2.45, 2.75) is 19.8 Å². The average molecular weight is 184 g/mol. The van der Waals surface area contributed by atoms with E-state index < -0.39 is 0 Å². The van der Waals surface area contributed by atoms with Crippen molar-refractivity contribution in [3.63, 3.8) is 0 Å². The Morgan fingerprint density at radius 2 is 2.08 bits per heavy atom. The highest BCUT2D eigenvalue weighted by Crippen LogP contribution is 2.22. The molecule has 0 aliphatic carbocycles. The molecular formula is C10H16O3. The number of ether oxygens (including phenoxy) is 2. The Labute approximate surface area is 78.7 Å². The molecule has 1 fully saturated rings. The summed E-state index contributed by atoms with van der Waals surface area (Å²) in [6.45, 7) is 3.58. The summed E-state index contributed by atoms with van der Waals surface area (Å²) in [5.74, 6) is 0.233. The molecule has 1 aliphatic rings. The average Bonchev–Trinajstić information content (AvgIpc) is 2.19. The summed E-state index contributed by atoms with van der Waals surface area (Å²) in [6.07, 6.45) is 3.61. The maximum atomic E-state index is 10.9. The van der Waals surface area contributed by atoms with Gasteiger partial charge in [-0.3, -0.25) is 0 Å². The predicted octanol–water partition coefficient (Wildman–Crippen LogP) is 1.53. The van der Waals surface area contributed by atoms with Crippen LogP contribution >= 0.6 is 0 Å². The molecule has 0 aromatic heterocycles. The largest absolute Gasteiger partial charge is 0.466 e. The molecule has 1 heterocycles. The molecule has 3 heteroatoms. The SMILES string of the molecule is COC(=O)/C=C(/C)C1CCOCC1. The van der Waals surface area contributed by atoms with Crippen LogP contribution in [0.4, 0.5) is 0 Å². The van der Waals surface area contributed by atoms with E-state index >= 15 is 0 Å². The molecule has 0 N–H and O–H groups in total. The first-order chi connectivity index (χ1) is 6.24. The minimum absolute atomic E-state index is 0.260. The van der Waals surface area contributed by atoms with Gasteiger partial charge in [-0.15, -0.1) is 0 Å². The van der Waals surface area contributed by atoms with Crippen molar-refractivity contribution in [2.24, 2.45) is 5.92 Å². The summed E-state index contributed by atoms with van der Waals surface area (Å²) >= 11 is 0. The van der Waals surface area contributed by atoms with Gasteiger partial charge in [-0.05, 0) is 25.7 Å². The quantitative estimate of drug-likeness (QED) is 0.482. The standard InChI is InChI=1S/C10H16O3/c1-8(7-10(11)12-2)9-3-5-13-6-4-9/h7,9H,3-6H2,1-2H3/b8-7-. The molecule has 1 rings (SSSR count). The molecular weight excluding hydrogens is 168 g/mol. The zero-order valence-corrected chi connectivity index (χ0v) is 8.21. The Morgan fingerprint density at radius 3 is 2.62 bits per heavy atom. The van der Waals surface area contributed by atoms with Crippen molar-refractivity contribution in [2.75, 3.05) is 20.3 Å². The minimum atomic E-state index is -0.260. The Kier molecular flexibility index (Phi) is 3.96. The second kappa shape index (κ2) is 5.02. The van der Waals surface area contributed by atoms with Gasteiger partial charge < -0.3 is 9.47 Å². The molecule has 0 saturated carbocycles. The summed E-state index contributed by atoms with van der Waals surface area (Å²) in [7, 11) is 1.40. The maximum Gasteiger partial charge on any atom is 0.330 e. The number of esters is 1. The zero-order valence-electron chi connectivity index (χ0n) is 8.21. The highest BCUT2D eigenvalue weighted by molar-refractivity contribution is 5.82. The molecule has 1 aliphatic heterocycles. The van der Waals surface area contributed by atoms with Gasteiger partial charge in [0.1, 0.15) is 0 Å². The molecule has 0 radical (unpaired) electrons. The van der Waals surface area contributed by atoms with Crippen LogP contribution in [0.1, 0.15) is 19.8 Å². The molecule has 1 saturated heterocycles. The number of hydrogen-bond acceptors (Lipinski definition) is 3. The summed E-state index contributed by atoms with van der Waals surface area (Å²) < 4.78 is 9.80. The highest BCUT2D eigenvalue weighted by Gasteiger charge is 2.15. The van der Waals surface area contributed by atoms with Gasteiger partial charge in [0, 0.05) is 19.3 Å². The molecule has 0 atom stereocenters. The van der Waals surface area contributed by atoms with E-state index in [1.165, 1.54) is 7.11 Å². The van der Waals surface area contributed by atoms with Crippen LogP contribution < -0.4 is 0 Å². The van der Waals surface area contributed by atoms with Crippen LogP contribution in [0.3, 0.4) is 0 Å². The lowest BCUT2D eigenvalue weighted by atomic mass is 9.92. The van der Waals surface area contributed by atoms with E-state index in [9.17, 15) is 4.79 Å². The van der Waals surface area contributed by atoms with Crippen molar-refractivity contribution >= 4 is 5.97 Å². The molecule has 0 unspecified atom stereocenters. The van der Waals surface area contributed by atoms with E-state index in [1.807, 2.05) is 6.92 Å². The fraction of sp³-hybridized carbons (Fsp3) is 0.700. The fourth-order valence-electron chi connectivity index (χ4n) is 1.52. The summed E-state index contributed by atoms with van der Waals surface area (Å²) in [6, 6.07) is 0. The molecule has 0 amide bonds. The zero-order chi connectivity index (χ0) is 9.68. The van der Waals surface area contributed by atoms with E-state index in [-0.39, 0.29) is 5.97 Å². The molecule has 0 spiro atoms. The van der Waals surface area contributed by atoms with E-state index in [4.69, 9.17) is 4.74 Å². The van der Waals surface area contributed by atoms with Crippen LogP contribution in [0.25, 0.3) is 0 Å². The number of carbonyl (C=O) groups excluding carboxylic acids is 1. The van der Waals surface area contributed by atoms with Gasteiger partial charge in [0.25, 0.3) is 0 Å². The predicted molar refractivity (Wildman–Crippen MR) is 49.3 cm³/mol. The first-order valence-corrected chi connectivity index (χ1v) is 4.58. The van der Waals surface area contributed by atoms with Crippen LogP contribution in [0.15, 0.2) is 11.6 Å². The summed E-state index contributed by atoms with van der Waals surface area (Å²) in [5.41, 5.74) is 1.11. The van der Waals surface area contributed by atoms with E-state index in [0.717, 1.165) is 31.6 Å². The summed E-state index contributed by atoms with van der Waals surface area (Å²) in [5, 5.41) is 0. The molecule has 74 valence electrons. The van der Waals surface area contributed by atoms with Gasteiger partial charge in [0.2, 0.25) is 0 Å². The fourth-order valence-corrected chi connectivity index (χ4v) is 1.52. The number of allylic oxidation sites excluding steroid dienone is 1. The van der Waals surface area contributed by atoms with Gasteiger partial charge in [-0.1, -0.05) is 5.57 Å². The Bertz CT molecular complexity index is 202. The summed E-state index contributed by atoms with van der Waals surface area (Å²) in [4.78, 5) is 10.9. The van der Waals surface area contributed by atoms with Crippen LogP contribution in [-0.2, 0) is 14.3 Å². The maximum absolute atomic E-state index is 10.9. The number of hydrogen-bond donors (Lipinski definition) is 0. The van der Waals surface area contributed by atoms with Crippen molar-refractivity contribution in [1.82, 2.24) is 0 Å². The lowest BCUT2D eigenvalue weighted by Gasteiger charge is -2.22. The molecule has 0 aromatic carbocycles. The normalized spacial score (nSPS) is 20.0. The smallest absolute Gasteiger partial charge is 0.330 e. The Morgan fingerprint density at radius 1 is 1.46 bits per heavy atom. The lowest BCUT2D eigenvalue weighted by Crippen LogP contribution is -2.17. The molecule has 0 bridgehead atoms. The Balaban J connectivity index is 2.49. The van der Waals surface area contributed by atoms with Gasteiger partial charge >= 0.3 is 5.97 Å². The third-order valence-corrected chi connectivity index (χ3v) is 2.41. The highest BCUT2D eigenvalue weighted by atomic mass is 16.5. The number of methoxy groups -OCH3 is 1. The van der Waals surface area contributed by atoms with Crippen LogP contribution in [0, 0.1) is 5.92 Å². The monoisotopic (exact) mass is 184 g/mol. The van der Waals surface area contributed by atoms with Gasteiger partial charge in [0.05, 0.1) is 7.11 Å². The van der Waals surface area contributed by atoms with Gasteiger partial charge in [-0.25, -0.2) is 4.79 Å². The second-order valence-corrected chi connectivity index (χ2v) is 3.30. The van der Waals surface area contributed by atoms with Gasteiger partial charge in [-0.2, -0.15) is 0 Å². The lowest BCUT2D eigenvalue weighted by molar-refractivity contribution is -0.134. The first-order valence-electron chi connectivity index (χ1n) is 4.58. The van der Waals surface area contributed by atoms with Gasteiger partial charge in [0.15, 0.2) is 0 Å². The topological polar surface area (TPSA) is 35.5 Å². The van der Waals surface area contributed by atoms with E-state index in [1.54, 1.807) is 6.08 Å². The third kappa shape index (κ3) is 3.19. The van der Waals surface area contributed by atoms with E-state index in [0.29, 0.717) is 5.92 Å². The van der Waals surface area contributed by atoms with Crippen LogP contribution in [0.5, 0.6) is 0 Å². The van der Waals surface area contributed by atoms with Crippen molar-refractivity contribution in [1.29, 1.82) is 0 Å². The first kappa shape index (κ1) is 10.3. The van der Waals surface area contributed by atoms with E-state index in [2.05, 4.69) is 4.74 Å². The molecule has 0 aromatic rings. The number of rotatable bonds is 2. The third-order valence-electron chi connectivity index (χ3n) is 2.41.